The third-order valence-electron chi connectivity index (χ3n) is 5.26. The summed E-state index contributed by atoms with van der Waals surface area (Å²) in [5.41, 5.74) is 1.71. The van der Waals surface area contributed by atoms with Gasteiger partial charge in [-0.05, 0) is 49.6 Å². The molecule has 1 aromatic heterocycles. The van der Waals surface area contributed by atoms with E-state index in [-0.39, 0.29) is 11.9 Å². The highest BCUT2D eigenvalue weighted by molar-refractivity contribution is 7.98. The number of benzene rings is 2. The van der Waals surface area contributed by atoms with Gasteiger partial charge in [-0.1, -0.05) is 59.2 Å². The lowest BCUT2D eigenvalue weighted by molar-refractivity contribution is 0.0727. The van der Waals surface area contributed by atoms with Crippen molar-refractivity contribution in [3.05, 3.63) is 75.5 Å². The summed E-state index contributed by atoms with van der Waals surface area (Å²) < 4.78 is 2.11. The third kappa shape index (κ3) is 4.36. The number of aromatic nitrogens is 3. The van der Waals surface area contributed by atoms with Crippen LogP contribution in [0, 0.1) is 0 Å². The predicted molar refractivity (Wildman–Crippen MR) is 121 cm³/mol. The fourth-order valence-electron chi connectivity index (χ4n) is 3.75. The number of likely N-dealkylation sites (tertiary alicyclic amines) is 1. The number of thioether (sulfide) groups is 1. The van der Waals surface area contributed by atoms with Gasteiger partial charge in [0.2, 0.25) is 0 Å². The smallest absolute Gasteiger partial charge is 0.255 e. The highest BCUT2D eigenvalue weighted by Crippen LogP contribution is 2.35. The zero-order valence-electron chi connectivity index (χ0n) is 16.6. The summed E-state index contributed by atoms with van der Waals surface area (Å²) in [6.07, 6.45) is 1.81. The first kappa shape index (κ1) is 21.2. The van der Waals surface area contributed by atoms with Crippen LogP contribution in [-0.2, 0) is 12.3 Å². The van der Waals surface area contributed by atoms with E-state index < -0.39 is 0 Å². The molecule has 0 spiro atoms. The Balaban J connectivity index is 1.55. The topological polar surface area (TPSA) is 51.0 Å². The van der Waals surface area contributed by atoms with Gasteiger partial charge in [-0.3, -0.25) is 4.79 Å². The number of hydrogen-bond donors (Lipinski definition) is 0. The van der Waals surface area contributed by atoms with Crippen LogP contribution in [0.15, 0.2) is 53.7 Å². The van der Waals surface area contributed by atoms with E-state index in [0.29, 0.717) is 17.1 Å². The Morgan fingerprint density at radius 3 is 2.63 bits per heavy atom. The van der Waals surface area contributed by atoms with Crippen molar-refractivity contribution in [2.45, 2.75) is 43.3 Å². The van der Waals surface area contributed by atoms with E-state index in [2.05, 4.69) is 21.7 Å². The van der Waals surface area contributed by atoms with Gasteiger partial charge >= 0.3 is 0 Å². The van der Waals surface area contributed by atoms with Gasteiger partial charge in [-0.25, -0.2) is 0 Å². The van der Waals surface area contributed by atoms with Crippen molar-refractivity contribution in [3.8, 4) is 0 Å². The molecule has 1 fully saturated rings. The molecule has 4 rings (SSSR count). The molecule has 0 bridgehead atoms. The van der Waals surface area contributed by atoms with Crippen LogP contribution in [0.5, 0.6) is 0 Å². The number of halogens is 2. The molecule has 1 saturated heterocycles. The largest absolute Gasteiger partial charge is 0.328 e. The average Bonchev–Trinajstić information content (AvgIpc) is 3.39. The van der Waals surface area contributed by atoms with E-state index in [1.165, 1.54) is 5.56 Å². The van der Waals surface area contributed by atoms with Gasteiger partial charge in [0.15, 0.2) is 11.0 Å². The minimum absolute atomic E-state index is 0.0517. The number of carbonyl (C=O) groups is 1. The summed E-state index contributed by atoms with van der Waals surface area (Å²) >= 11 is 13.9. The summed E-state index contributed by atoms with van der Waals surface area (Å²) in [6.45, 7) is 3.52. The van der Waals surface area contributed by atoms with Gasteiger partial charge in [0.05, 0.1) is 16.6 Å². The first-order valence-electron chi connectivity index (χ1n) is 9.94. The number of rotatable bonds is 6. The van der Waals surface area contributed by atoms with Gasteiger partial charge in [0, 0.05) is 23.9 Å². The number of hydrogen-bond acceptors (Lipinski definition) is 4. The van der Waals surface area contributed by atoms with E-state index >= 15 is 0 Å². The van der Waals surface area contributed by atoms with Crippen LogP contribution in [0.2, 0.25) is 10.0 Å². The first-order valence-corrected chi connectivity index (χ1v) is 11.7. The van der Waals surface area contributed by atoms with E-state index in [1.807, 2.05) is 41.3 Å². The minimum atomic E-state index is -0.0916. The molecular formula is C22H22Cl2N4OS. The maximum atomic E-state index is 13.2. The van der Waals surface area contributed by atoms with Crippen molar-refractivity contribution < 1.29 is 4.79 Å². The van der Waals surface area contributed by atoms with Crippen molar-refractivity contribution in [1.29, 1.82) is 0 Å². The molecule has 1 atom stereocenters. The quantitative estimate of drug-likeness (QED) is 0.431. The van der Waals surface area contributed by atoms with Gasteiger partial charge in [-0.2, -0.15) is 0 Å². The zero-order valence-corrected chi connectivity index (χ0v) is 18.9. The van der Waals surface area contributed by atoms with Crippen molar-refractivity contribution in [2.75, 3.05) is 6.54 Å². The maximum absolute atomic E-state index is 13.2. The molecule has 0 aliphatic carbocycles. The molecule has 156 valence electrons. The highest BCUT2D eigenvalue weighted by Gasteiger charge is 2.35. The molecule has 1 aliphatic heterocycles. The standard InChI is InChI=1S/C22H22Cl2N4OS/c1-2-27-20(25-26-22(27)30-14-15-9-11-16(23)12-10-15)19-8-5-13-28(19)21(29)17-6-3-4-7-18(17)24/h3-4,6-7,9-12,19H,2,5,8,13-14H2,1H3. The third-order valence-corrected chi connectivity index (χ3v) is 6.88. The Kier molecular flexibility index (Phi) is 6.66. The van der Waals surface area contributed by atoms with Gasteiger partial charge in [0.1, 0.15) is 0 Å². The van der Waals surface area contributed by atoms with Gasteiger partial charge in [0.25, 0.3) is 5.91 Å². The van der Waals surface area contributed by atoms with Crippen LogP contribution in [0.3, 0.4) is 0 Å². The fourth-order valence-corrected chi connectivity index (χ4v) is 5.05. The second kappa shape index (κ2) is 9.41. The Morgan fingerprint density at radius 2 is 1.90 bits per heavy atom. The Bertz CT molecular complexity index is 1040. The summed E-state index contributed by atoms with van der Waals surface area (Å²) in [7, 11) is 0. The zero-order chi connectivity index (χ0) is 21.1. The summed E-state index contributed by atoms with van der Waals surface area (Å²) in [4.78, 5) is 15.0. The van der Waals surface area contributed by atoms with Crippen LogP contribution in [0.1, 0.15) is 47.6 Å². The minimum Gasteiger partial charge on any atom is -0.328 e. The SMILES string of the molecule is CCn1c(SCc2ccc(Cl)cc2)nnc1C1CCCN1C(=O)c1ccccc1Cl. The predicted octanol–water partition coefficient (Wildman–Crippen LogP) is 5.87. The number of carbonyl (C=O) groups excluding carboxylic acids is 1. The number of amides is 1. The maximum Gasteiger partial charge on any atom is 0.255 e. The van der Waals surface area contributed by atoms with Crippen LogP contribution in [-0.4, -0.2) is 32.1 Å². The van der Waals surface area contributed by atoms with Crippen molar-refractivity contribution in [3.63, 3.8) is 0 Å². The molecule has 1 aliphatic rings. The molecule has 0 radical (unpaired) electrons. The fraction of sp³-hybridized carbons (Fsp3) is 0.318. The second-order valence-electron chi connectivity index (χ2n) is 7.14. The Morgan fingerprint density at radius 1 is 1.13 bits per heavy atom. The van der Waals surface area contributed by atoms with Crippen LogP contribution < -0.4 is 0 Å². The molecule has 30 heavy (non-hydrogen) atoms. The first-order chi connectivity index (χ1) is 14.6. The molecule has 5 nitrogen and oxygen atoms in total. The summed E-state index contributed by atoms with van der Waals surface area (Å²) in [5, 5.41) is 11.0. The molecule has 0 saturated carbocycles. The monoisotopic (exact) mass is 460 g/mol. The average molecular weight is 461 g/mol. The molecule has 8 heteroatoms. The molecule has 0 N–H and O–H groups in total. The molecule has 1 unspecified atom stereocenters. The molecule has 2 aromatic carbocycles. The van der Waals surface area contributed by atoms with E-state index in [9.17, 15) is 4.79 Å². The summed E-state index contributed by atoms with van der Waals surface area (Å²) in [6, 6.07) is 14.9. The normalized spacial score (nSPS) is 16.2. The molecule has 3 aromatic rings. The lowest BCUT2D eigenvalue weighted by Crippen LogP contribution is -2.32. The Hall–Kier alpha value is -2.02. The second-order valence-corrected chi connectivity index (χ2v) is 8.92. The van der Waals surface area contributed by atoms with Crippen LogP contribution >= 0.6 is 35.0 Å². The van der Waals surface area contributed by atoms with Crippen molar-refractivity contribution in [2.24, 2.45) is 0 Å². The van der Waals surface area contributed by atoms with Gasteiger partial charge in [-0.15, -0.1) is 10.2 Å². The van der Waals surface area contributed by atoms with Crippen LogP contribution in [0.25, 0.3) is 0 Å². The van der Waals surface area contributed by atoms with E-state index in [1.54, 1.807) is 23.9 Å². The van der Waals surface area contributed by atoms with Crippen LogP contribution in [0.4, 0.5) is 0 Å². The van der Waals surface area contributed by atoms with Crippen molar-refractivity contribution in [1.82, 2.24) is 19.7 Å². The molecule has 1 amide bonds. The molecule has 2 heterocycles. The number of nitrogens with zero attached hydrogens (tertiary/aromatic N) is 4. The molecular weight excluding hydrogens is 439 g/mol. The lowest BCUT2D eigenvalue weighted by Gasteiger charge is -2.25. The summed E-state index contributed by atoms with van der Waals surface area (Å²) in [5.74, 6) is 1.57. The van der Waals surface area contributed by atoms with E-state index in [4.69, 9.17) is 23.2 Å². The Labute approximate surface area is 190 Å². The van der Waals surface area contributed by atoms with Gasteiger partial charge < -0.3 is 9.47 Å². The van der Waals surface area contributed by atoms with E-state index in [0.717, 1.165) is 41.1 Å². The highest BCUT2D eigenvalue weighted by atomic mass is 35.5. The lowest BCUT2D eigenvalue weighted by atomic mass is 10.1. The van der Waals surface area contributed by atoms with Crippen molar-refractivity contribution >= 4 is 40.9 Å².